The summed E-state index contributed by atoms with van der Waals surface area (Å²) in [4.78, 5) is 16.0. The molecule has 1 aromatic heterocycles. The zero-order valence-corrected chi connectivity index (χ0v) is 10.9. The summed E-state index contributed by atoms with van der Waals surface area (Å²) in [6.07, 6.45) is 4.37. The highest BCUT2D eigenvalue weighted by Gasteiger charge is 2.23. The summed E-state index contributed by atoms with van der Waals surface area (Å²) in [6.45, 7) is 3.13. The Hall–Kier alpha value is -0.840. The van der Waals surface area contributed by atoms with Gasteiger partial charge in [-0.15, -0.1) is 0 Å². The molecular weight excluding hydrogens is 272 g/mol. The van der Waals surface area contributed by atoms with E-state index in [4.69, 9.17) is 4.74 Å². The van der Waals surface area contributed by atoms with Crippen molar-refractivity contribution in [2.24, 2.45) is 0 Å². The molecule has 0 atom stereocenters. The zero-order valence-electron chi connectivity index (χ0n) is 9.33. The van der Waals surface area contributed by atoms with Crippen molar-refractivity contribution < 1.29 is 9.53 Å². The number of imidazole rings is 1. The number of halogens is 1. The minimum absolute atomic E-state index is 0.307. The number of hydrogen-bond acceptors (Lipinski definition) is 3. The van der Waals surface area contributed by atoms with Gasteiger partial charge in [0.1, 0.15) is 0 Å². The van der Waals surface area contributed by atoms with Crippen molar-refractivity contribution in [1.29, 1.82) is 0 Å². The van der Waals surface area contributed by atoms with E-state index in [1.54, 1.807) is 0 Å². The lowest BCUT2D eigenvalue weighted by atomic mass is 10.1. The van der Waals surface area contributed by atoms with E-state index in [1.807, 2.05) is 6.92 Å². The molecular formula is C11H15BrN2O2. The van der Waals surface area contributed by atoms with Gasteiger partial charge in [-0.05, 0) is 42.1 Å². The van der Waals surface area contributed by atoms with Crippen LogP contribution in [0.25, 0.3) is 0 Å². The molecule has 0 N–H and O–H groups in total. The van der Waals surface area contributed by atoms with Crippen LogP contribution in [0.5, 0.6) is 0 Å². The van der Waals surface area contributed by atoms with Crippen molar-refractivity contribution in [3.8, 4) is 0 Å². The van der Waals surface area contributed by atoms with E-state index in [9.17, 15) is 4.79 Å². The predicted octanol–water partition coefficient (Wildman–Crippen LogP) is 2.55. The molecule has 0 aromatic carbocycles. The Morgan fingerprint density at radius 2 is 2.31 bits per heavy atom. The average Bonchev–Trinajstić information content (AvgIpc) is 2.47. The monoisotopic (exact) mass is 286 g/mol. The Kier molecular flexibility index (Phi) is 3.63. The molecule has 4 nitrogen and oxygen atoms in total. The van der Waals surface area contributed by atoms with Crippen LogP contribution in [0.2, 0.25) is 0 Å². The molecule has 1 aliphatic heterocycles. The summed E-state index contributed by atoms with van der Waals surface area (Å²) in [7, 11) is 0. The van der Waals surface area contributed by atoms with Crippen LogP contribution in [0.1, 0.15) is 42.4 Å². The summed E-state index contributed by atoms with van der Waals surface area (Å²) in [5.74, 6) is -0.307. The molecule has 0 aliphatic carbocycles. The first-order chi connectivity index (χ1) is 7.74. The molecule has 88 valence electrons. The second-order valence-corrected chi connectivity index (χ2v) is 4.57. The Bertz CT molecular complexity index is 401. The number of carbonyl (C=O) groups is 1. The van der Waals surface area contributed by atoms with E-state index >= 15 is 0 Å². The first-order valence-electron chi connectivity index (χ1n) is 5.66. The van der Waals surface area contributed by atoms with Crippen LogP contribution in [-0.4, -0.2) is 22.1 Å². The van der Waals surface area contributed by atoms with E-state index in [2.05, 4.69) is 25.5 Å². The third kappa shape index (κ3) is 2.14. The molecule has 0 fully saturated rings. The molecule has 2 heterocycles. The van der Waals surface area contributed by atoms with Gasteiger partial charge in [-0.3, -0.25) is 0 Å². The second-order valence-electron chi connectivity index (χ2n) is 3.86. The number of ether oxygens (including phenoxy) is 1. The van der Waals surface area contributed by atoms with Crippen molar-refractivity contribution in [3.05, 3.63) is 16.1 Å². The number of fused-ring (bicyclic) bond motifs is 1. The van der Waals surface area contributed by atoms with Gasteiger partial charge in [-0.2, -0.15) is 0 Å². The Morgan fingerprint density at radius 3 is 3.06 bits per heavy atom. The number of esters is 1. The largest absolute Gasteiger partial charge is 0.461 e. The lowest BCUT2D eigenvalue weighted by Gasteiger charge is -2.05. The van der Waals surface area contributed by atoms with Crippen LogP contribution in [-0.2, 0) is 17.7 Å². The highest BCUT2D eigenvalue weighted by Crippen LogP contribution is 2.23. The molecule has 1 aromatic rings. The van der Waals surface area contributed by atoms with Crippen molar-refractivity contribution in [2.45, 2.75) is 39.2 Å². The predicted molar refractivity (Wildman–Crippen MR) is 63.4 cm³/mol. The van der Waals surface area contributed by atoms with Crippen LogP contribution >= 0.6 is 15.9 Å². The molecule has 0 radical (unpaired) electrons. The SMILES string of the molecule is CCOC(=O)c1nc(Br)n2c1CCCCC2. The number of carbonyl (C=O) groups excluding carboxylic acids is 1. The zero-order chi connectivity index (χ0) is 11.5. The Morgan fingerprint density at radius 1 is 1.50 bits per heavy atom. The Balaban J connectivity index is 2.35. The minimum atomic E-state index is -0.307. The summed E-state index contributed by atoms with van der Waals surface area (Å²) in [5.41, 5.74) is 1.50. The molecule has 16 heavy (non-hydrogen) atoms. The number of rotatable bonds is 2. The van der Waals surface area contributed by atoms with Crippen molar-refractivity contribution in [1.82, 2.24) is 9.55 Å². The molecule has 0 amide bonds. The lowest BCUT2D eigenvalue weighted by molar-refractivity contribution is 0.0518. The first-order valence-corrected chi connectivity index (χ1v) is 6.45. The number of hydrogen-bond donors (Lipinski definition) is 0. The third-order valence-electron chi connectivity index (χ3n) is 2.79. The normalized spacial score (nSPS) is 15.4. The smallest absolute Gasteiger partial charge is 0.358 e. The molecule has 0 unspecified atom stereocenters. The fourth-order valence-electron chi connectivity index (χ4n) is 2.04. The summed E-state index contributed by atoms with van der Waals surface area (Å²) >= 11 is 3.40. The topological polar surface area (TPSA) is 44.1 Å². The van der Waals surface area contributed by atoms with E-state index in [1.165, 1.54) is 6.42 Å². The summed E-state index contributed by atoms with van der Waals surface area (Å²) < 4.78 is 7.84. The van der Waals surface area contributed by atoms with Crippen LogP contribution in [0.4, 0.5) is 0 Å². The van der Waals surface area contributed by atoms with Gasteiger partial charge in [-0.25, -0.2) is 9.78 Å². The third-order valence-corrected chi connectivity index (χ3v) is 3.40. The van der Waals surface area contributed by atoms with Crippen LogP contribution in [0.15, 0.2) is 4.73 Å². The van der Waals surface area contributed by atoms with E-state index < -0.39 is 0 Å². The first kappa shape index (κ1) is 11.6. The number of nitrogens with zero attached hydrogens (tertiary/aromatic N) is 2. The maximum atomic E-state index is 11.7. The maximum absolute atomic E-state index is 11.7. The molecule has 1 aliphatic rings. The van der Waals surface area contributed by atoms with Crippen LogP contribution in [0.3, 0.4) is 0 Å². The molecule has 0 saturated heterocycles. The van der Waals surface area contributed by atoms with Gasteiger partial charge in [0, 0.05) is 6.54 Å². The van der Waals surface area contributed by atoms with E-state index in [-0.39, 0.29) is 5.97 Å². The minimum Gasteiger partial charge on any atom is -0.461 e. The molecule has 0 bridgehead atoms. The van der Waals surface area contributed by atoms with Crippen molar-refractivity contribution in [2.75, 3.05) is 6.61 Å². The maximum Gasteiger partial charge on any atom is 0.358 e. The fourth-order valence-corrected chi connectivity index (χ4v) is 2.61. The van der Waals surface area contributed by atoms with Gasteiger partial charge >= 0.3 is 5.97 Å². The standard InChI is InChI=1S/C11H15BrN2O2/c1-2-16-10(15)9-8-6-4-3-5-7-14(8)11(12)13-9/h2-7H2,1H3. The average molecular weight is 287 g/mol. The summed E-state index contributed by atoms with van der Waals surface area (Å²) in [5, 5.41) is 0. The molecule has 5 heteroatoms. The fraction of sp³-hybridized carbons (Fsp3) is 0.636. The van der Waals surface area contributed by atoms with Gasteiger partial charge < -0.3 is 9.30 Å². The highest BCUT2D eigenvalue weighted by molar-refractivity contribution is 9.10. The van der Waals surface area contributed by atoms with Crippen molar-refractivity contribution in [3.63, 3.8) is 0 Å². The van der Waals surface area contributed by atoms with E-state index in [0.29, 0.717) is 12.3 Å². The van der Waals surface area contributed by atoms with Gasteiger partial charge in [0.2, 0.25) is 0 Å². The second kappa shape index (κ2) is 4.99. The highest BCUT2D eigenvalue weighted by atomic mass is 79.9. The van der Waals surface area contributed by atoms with Crippen LogP contribution < -0.4 is 0 Å². The van der Waals surface area contributed by atoms with Gasteiger partial charge in [-0.1, -0.05) is 6.42 Å². The quantitative estimate of drug-likeness (QED) is 0.785. The van der Waals surface area contributed by atoms with E-state index in [0.717, 1.165) is 36.2 Å². The van der Waals surface area contributed by atoms with Gasteiger partial charge in [0.15, 0.2) is 10.4 Å². The molecule has 0 saturated carbocycles. The lowest BCUT2D eigenvalue weighted by Crippen LogP contribution is -2.09. The van der Waals surface area contributed by atoms with Crippen LogP contribution in [0, 0.1) is 0 Å². The Labute approximate surface area is 103 Å². The van der Waals surface area contributed by atoms with Gasteiger partial charge in [0.05, 0.1) is 12.3 Å². The molecule has 2 rings (SSSR count). The summed E-state index contributed by atoms with van der Waals surface area (Å²) in [6, 6.07) is 0. The van der Waals surface area contributed by atoms with Crippen molar-refractivity contribution >= 4 is 21.9 Å². The molecule has 0 spiro atoms. The number of aromatic nitrogens is 2. The van der Waals surface area contributed by atoms with Gasteiger partial charge in [0.25, 0.3) is 0 Å².